The van der Waals surface area contributed by atoms with Gasteiger partial charge in [-0.2, -0.15) is 0 Å². The van der Waals surface area contributed by atoms with Crippen LogP contribution in [0, 0.1) is 5.92 Å². The monoisotopic (exact) mass is 302 g/mol. The van der Waals surface area contributed by atoms with E-state index in [1.165, 1.54) is 64.2 Å². The minimum atomic E-state index is 0.179. The summed E-state index contributed by atoms with van der Waals surface area (Å²) in [5.74, 6) is 0.921. The maximum Gasteiger partial charge on any atom is 0.0782 e. The highest BCUT2D eigenvalue weighted by atomic mass is 79.9. The molecule has 2 atom stereocenters. The molecule has 0 heterocycles. The largest absolute Gasteiger partial charge is 0.371 e. The molecule has 0 saturated heterocycles. The average Bonchev–Trinajstić information content (AvgIpc) is 2.40. The number of hydrogen-bond acceptors (Lipinski definition) is 1. The van der Waals surface area contributed by atoms with Crippen LogP contribution in [0.5, 0.6) is 0 Å². The molecule has 2 aliphatic rings. The van der Waals surface area contributed by atoms with Gasteiger partial charge in [-0.05, 0) is 31.6 Å². The molecule has 0 aliphatic heterocycles. The Morgan fingerprint density at radius 2 is 1.88 bits per heavy atom. The van der Waals surface area contributed by atoms with Gasteiger partial charge in [-0.25, -0.2) is 0 Å². The topological polar surface area (TPSA) is 9.23 Å². The van der Waals surface area contributed by atoms with Crippen LogP contribution in [0.3, 0.4) is 0 Å². The van der Waals surface area contributed by atoms with E-state index < -0.39 is 0 Å². The first-order valence-electron chi connectivity index (χ1n) is 7.52. The van der Waals surface area contributed by atoms with Gasteiger partial charge in [0.15, 0.2) is 0 Å². The number of hydrogen-bond donors (Lipinski definition) is 0. The molecule has 2 saturated carbocycles. The van der Waals surface area contributed by atoms with E-state index in [-0.39, 0.29) is 5.60 Å². The van der Waals surface area contributed by atoms with Crippen LogP contribution in [0.4, 0.5) is 0 Å². The molecule has 0 aromatic heterocycles. The summed E-state index contributed by atoms with van der Waals surface area (Å²) < 4.78 is 6.55. The normalized spacial score (nSPS) is 33.5. The maximum absolute atomic E-state index is 6.55. The summed E-state index contributed by atoms with van der Waals surface area (Å²) in [6, 6.07) is 0. The van der Waals surface area contributed by atoms with Crippen LogP contribution in [-0.2, 0) is 4.74 Å². The van der Waals surface area contributed by atoms with Crippen molar-refractivity contribution in [3.05, 3.63) is 0 Å². The van der Waals surface area contributed by atoms with Crippen molar-refractivity contribution in [2.45, 2.75) is 82.8 Å². The van der Waals surface area contributed by atoms with Crippen molar-refractivity contribution in [1.29, 1.82) is 0 Å². The summed E-state index contributed by atoms with van der Waals surface area (Å²) >= 11 is 3.70. The van der Waals surface area contributed by atoms with Crippen molar-refractivity contribution in [1.82, 2.24) is 0 Å². The van der Waals surface area contributed by atoms with Gasteiger partial charge in [0.1, 0.15) is 0 Å². The van der Waals surface area contributed by atoms with Crippen molar-refractivity contribution < 1.29 is 4.74 Å². The van der Waals surface area contributed by atoms with Crippen LogP contribution in [-0.4, -0.2) is 17.0 Å². The first kappa shape index (κ1) is 13.9. The highest BCUT2D eigenvalue weighted by molar-refractivity contribution is 9.09. The zero-order valence-electron chi connectivity index (χ0n) is 11.2. The predicted molar refractivity (Wildman–Crippen MR) is 76.7 cm³/mol. The molecular weight excluding hydrogens is 276 g/mol. The molecule has 2 rings (SSSR count). The number of rotatable bonds is 4. The SMILES string of the molecule is CCC1CCCC(OC2(CBr)CCCCC2)C1. The summed E-state index contributed by atoms with van der Waals surface area (Å²) in [4.78, 5) is 0. The molecule has 0 spiro atoms. The van der Waals surface area contributed by atoms with E-state index in [1.54, 1.807) is 0 Å². The molecule has 1 nitrogen and oxygen atoms in total. The predicted octanol–water partition coefficient (Wildman–Crippen LogP) is 5.07. The van der Waals surface area contributed by atoms with E-state index in [0.717, 1.165) is 11.2 Å². The van der Waals surface area contributed by atoms with Crippen LogP contribution in [0.2, 0.25) is 0 Å². The van der Waals surface area contributed by atoms with E-state index >= 15 is 0 Å². The zero-order chi connectivity index (χ0) is 12.1. The summed E-state index contributed by atoms with van der Waals surface area (Å²) in [7, 11) is 0. The Labute approximate surface area is 115 Å². The Kier molecular flexibility index (Phi) is 5.35. The first-order valence-corrected chi connectivity index (χ1v) is 8.64. The van der Waals surface area contributed by atoms with Gasteiger partial charge >= 0.3 is 0 Å². The fraction of sp³-hybridized carbons (Fsp3) is 1.00. The lowest BCUT2D eigenvalue weighted by atomic mass is 9.83. The Balaban J connectivity index is 1.88. The summed E-state index contributed by atoms with van der Waals surface area (Å²) in [6.45, 7) is 2.33. The summed E-state index contributed by atoms with van der Waals surface area (Å²) in [5.41, 5.74) is 0.179. The lowest BCUT2D eigenvalue weighted by molar-refractivity contribution is -0.115. The zero-order valence-corrected chi connectivity index (χ0v) is 12.8. The van der Waals surface area contributed by atoms with Gasteiger partial charge in [0.2, 0.25) is 0 Å². The third-order valence-corrected chi connectivity index (χ3v) is 5.76. The second kappa shape index (κ2) is 6.56. The number of ether oxygens (including phenoxy) is 1. The Morgan fingerprint density at radius 1 is 1.12 bits per heavy atom. The van der Waals surface area contributed by atoms with Gasteiger partial charge in [0, 0.05) is 5.33 Å². The quantitative estimate of drug-likeness (QED) is 0.659. The highest BCUT2D eigenvalue weighted by Crippen LogP contribution is 2.38. The Hall–Kier alpha value is 0.440. The average molecular weight is 303 g/mol. The summed E-state index contributed by atoms with van der Waals surface area (Å²) in [5, 5.41) is 1.04. The lowest BCUT2D eigenvalue weighted by Gasteiger charge is -2.41. The molecule has 2 heteroatoms. The number of alkyl halides is 1. The van der Waals surface area contributed by atoms with Crippen LogP contribution < -0.4 is 0 Å². The van der Waals surface area contributed by atoms with E-state index in [1.807, 2.05) is 0 Å². The van der Waals surface area contributed by atoms with Gasteiger partial charge in [-0.3, -0.25) is 0 Å². The van der Waals surface area contributed by atoms with E-state index in [4.69, 9.17) is 4.74 Å². The van der Waals surface area contributed by atoms with Crippen molar-refractivity contribution >= 4 is 15.9 Å². The fourth-order valence-electron chi connectivity index (χ4n) is 3.55. The minimum Gasteiger partial charge on any atom is -0.371 e. The Morgan fingerprint density at radius 3 is 2.53 bits per heavy atom. The van der Waals surface area contributed by atoms with Crippen LogP contribution in [0.15, 0.2) is 0 Å². The molecule has 0 aromatic rings. The maximum atomic E-state index is 6.55. The van der Waals surface area contributed by atoms with Gasteiger partial charge in [-0.15, -0.1) is 0 Å². The highest BCUT2D eigenvalue weighted by Gasteiger charge is 2.35. The van der Waals surface area contributed by atoms with Gasteiger partial charge < -0.3 is 4.74 Å². The lowest BCUT2D eigenvalue weighted by Crippen LogP contribution is -2.41. The van der Waals surface area contributed by atoms with Crippen LogP contribution in [0.1, 0.15) is 71.1 Å². The molecule has 0 bridgehead atoms. The minimum absolute atomic E-state index is 0.179. The van der Waals surface area contributed by atoms with Crippen molar-refractivity contribution in [3.63, 3.8) is 0 Å². The molecule has 2 fully saturated rings. The van der Waals surface area contributed by atoms with Gasteiger partial charge in [0.05, 0.1) is 11.7 Å². The molecule has 17 heavy (non-hydrogen) atoms. The van der Waals surface area contributed by atoms with Crippen molar-refractivity contribution in [3.8, 4) is 0 Å². The molecule has 2 unspecified atom stereocenters. The Bertz CT molecular complexity index is 223. The third kappa shape index (κ3) is 3.70. The molecule has 0 N–H and O–H groups in total. The molecule has 2 aliphatic carbocycles. The summed E-state index contributed by atoms with van der Waals surface area (Å²) in [6.07, 6.45) is 13.9. The van der Waals surface area contributed by atoms with E-state index in [2.05, 4.69) is 22.9 Å². The molecule has 0 amide bonds. The molecule has 0 radical (unpaired) electrons. The molecule has 100 valence electrons. The second-order valence-corrected chi connectivity index (χ2v) is 6.62. The number of halogens is 1. The molecule has 0 aromatic carbocycles. The fourth-order valence-corrected chi connectivity index (χ4v) is 4.25. The standard InChI is InChI=1S/C15H27BrO/c1-2-13-7-6-8-14(11-13)17-15(12-16)9-4-3-5-10-15/h13-14H,2-12H2,1H3. The van der Waals surface area contributed by atoms with Crippen molar-refractivity contribution in [2.75, 3.05) is 5.33 Å². The van der Waals surface area contributed by atoms with E-state index in [9.17, 15) is 0 Å². The second-order valence-electron chi connectivity index (χ2n) is 6.06. The first-order chi connectivity index (χ1) is 8.28. The van der Waals surface area contributed by atoms with Gasteiger partial charge in [-0.1, -0.05) is 61.4 Å². The van der Waals surface area contributed by atoms with E-state index in [0.29, 0.717) is 6.10 Å². The van der Waals surface area contributed by atoms with Crippen molar-refractivity contribution in [2.24, 2.45) is 5.92 Å². The smallest absolute Gasteiger partial charge is 0.0782 e. The molecular formula is C15H27BrO. The van der Waals surface area contributed by atoms with Crippen LogP contribution >= 0.6 is 15.9 Å². The third-order valence-electron chi connectivity index (χ3n) is 4.74. The van der Waals surface area contributed by atoms with Gasteiger partial charge in [0.25, 0.3) is 0 Å². The van der Waals surface area contributed by atoms with Crippen LogP contribution in [0.25, 0.3) is 0 Å².